The first-order valence-corrected chi connectivity index (χ1v) is 7.51. The maximum absolute atomic E-state index is 4.56. The summed E-state index contributed by atoms with van der Waals surface area (Å²) >= 11 is 0. The second-order valence-electron chi connectivity index (χ2n) is 6.06. The summed E-state index contributed by atoms with van der Waals surface area (Å²) in [5, 5.41) is 8.10. The number of hydrogen-bond acceptors (Lipinski definition) is 2. The zero-order chi connectivity index (χ0) is 14.1. The number of aryl methyl sites for hydroxylation is 3. The van der Waals surface area contributed by atoms with Crippen molar-refractivity contribution < 1.29 is 0 Å². The molecule has 3 rings (SSSR count). The van der Waals surface area contributed by atoms with Crippen LogP contribution in [-0.4, -0.2) is 9.78 Å². The highest BCUT2D eigenvalue weighted by molar-refractivity contribution is 5.50. The fraction of sp³-hybridized carbons (Fsp3) is 0.471. The summed E-state index contributed by atoms with van der Waals surface area (Å²) in [5.74, 6) is 0.466. The Labute approximate surface area is 121 Å². The van der Waals surface area contributed by atoms with Gasteiger partial charge in [-0.15, -0.1) is 0 Å². The van der Waals surface area contributed by atoms with E-state index in [2.05, 4.69) is 48.7 Å². The molecule has 0 unspecified atom stereocenters. The van der Waals surface area contributed by atoms with E-state index in [1.807, 2.05) is 11.7 Å². The summed E-state index contributed by atoms with van der Waals surface area (Å²) in [4.78, 5) is 0. The molecule has 1 aromatic carbocycles. The highest BCUT2D eigenvalue weighted by Gasteiger charge is 2.13. The van der Waals surface area contributed by atoms with Crippen molar-refractivity contribution >= 4 is 5.69 Å². The van der Waals surface area contributed by atoms with Crippen LogP contribution in [0.3, 0.4) is 0 Å². The molecule has 0 atom stereocenters. The van der Waals surface area contributed by atoms with E-state index in [1.54, 1.807) is 0 Å². The fourth-order valence-electron chi connectivity index (χ4n) is 3.06. The zero-order valence-electron chi connectivity index (χ0n) is 12.6. The lowest BCUT2D eigenvalue weighted by Gasteiger charge is -2.09. The number of rotatable bonds is 4. The van der Waals surface area contributed by atoms with Gasteiger partial charge in [0.05, 0.1) is 5.69 Å². The van der Waals surface area contributed by atoms with E-state index in [-0.39, 0.29) is 0 Å². The molecule has 0 saturated carbocycles. The average Bonchev–Trinajstić information content (AvgIpc) is 3.01. The molecule has 1 heterocycles. The summed E-state index contributed by atoms with van der Waals surface area (Å²) in [6.45, 7) is 5.24. The molecule has 1 N–H and O–H groups in total. The molecule has 106 valence electrons. The molecular formula is C17H23N3. The topological polar surface area (TPSA) is 29.9 Å². The molecule has 1 aliphatic rings. The van der Waals surface area contributed by atoms with Crippen molar-refractivity contribution in [3.63, 3.8) is 0 Å². The van der Waals surface area contributed by atoms with E-state index >= 15 is 0 Å². The maximum Gasteiger partial charge on any atom is 0.0699 e. The van der Waals surface area contributed by atoms with Gasteiger partial charge in [0.1, 0.15) is 0 Å². The predicted octanol–water partition coefficient (Wildman–Crippen LogP) is 3.64. The largest absolute Gasteiger partial charge is 0.381 e. The third-order valence-corrected chi connectivity index (χ3v) is 4.07. The van der Waals surface area contributed by atoms with Crippen molar-refractivity contribution in [1.82, 2.24) is 9.78 Å². The number of nitrogens with zero attached hydrogens (tertiary/aromatic N) is 2. The minimum atomic E-state index is 0.466. The molecule has 0 aliphatic heterocycles. The number of anilines is 1. The second kappa shape index (κ2) is 5.31. The van der Waals surface area contributed by atoms with Crippen LogP contribution in [0.15, 0.2) is 24.4 Å². The number of fused-ring (bicyclic) bond motifs is 1. The van der Waals surface area contributed by atoms with E-state index in [0.29, 0.717) is 5.92 Å². The summed E-state index contributed by atoms with van der Waals surface area (Å²) in [7, 11) is 1.99. The van der Waals surface area contributed by atoms with Crippen molar-refractivity contribution in [3.05, 3.63) is 46.8 Å². The first-order chi connectivity index (χ1) is 9.63. The average molecular weight is 269 g/mol. The summed E-state index contributed by atoms with van der Waals surface area (Å²) in [6, 6.07) is 6.79. The lowest BCUT2D eigenvalue weighted by Crippen LogP contribution is -2.03. The van der Waals surface area contributed by atoms with Gasteiger partial charge in [-0.1, -0.05) is 19.9 Å². The Bertz CT molecular complexity index is 611. The smallest absolute Gasteiger partial charge is 0.0699 e. The standard InChI is InChI=1S/C17H23N3/c1-12(2)17-15(11-20(3)19-17)10-18-16-8-7-13-5-4-6-14(13)9-16/h7-9,11-12,18H,4-6,10H2,1-3H3. The second-order valence-corrected chi connectivity index (χ2v) is 6.06. The number of benzene rings is 1. The lowest BCUT2D eigenvalue weighted by molar-refractivity contribution is 0.712. The Morgan fingerprint density at radius 3 is 2.85 bits per heavy atom. The normalized spacial score (nSPS) is 13.8. The molecule has 20 heavy (non-hydrogen) atoms. The van der Waals surface area contributed by atoms with Gasteiger partial charge in [0, 0.05) is 31.0 Å². The first-order valence-electron chi connectivity index (χ1n) is 7.51. The van der Waals surface area contributed by atoms with Gasteiger partial charge in [-0.3, -0.25) is 4.68 Å². The van der Waals surface area contributed by atoms with Crippen molar-refractivity contribution in [2.75, 3.05) is 5.32 Å². The van der Waals surface area contributed by atoms with E-state index in [0.717, 1.165) is 6.54 Å². The van der Waals surface area contributed by atoms with E-state index < -0.39 is 0 Å². The van der Waals surface area contributed by atoms with E-state index in [1.165, 1.54) is 47.3 Å². The molecule has 1 aliphatic carbocycles. The SMILES string of the molecule is CC(C)c1nn(C)cc1CNc1ccc2c(c1)CCC2. The van der Waals surface area contributed by atoms with Gasteiger partial charge in [0.15, 0.2) is 0 Å². The number of hydrogen-bond donors (Lipinski definition) is 1. The lowest BCUT2D eigenvalue weighted by atomic mass is 10.1. The number of aromatic nitrogens is 2. The third-order valence-electron chi connectivity index (χ3n) is 4.07. The van der Waals surface area contributed by atoms with E-state index in [9.17, 15) is 0 Å². The van der Waals surface area contributed by atoms with Gasteiger partial charge in [-0.05, 0) is 48.4 Å². The Hall–Kier alpha value is -1.77. The molecular weight excluding hydrogens is 246 g/mol. The van der Waals surface area contributed by atoms with Gasteiger partial charge in [0.25, 0.3) is 0 Å². The van der Waals surface area contributed by atoms with Crippen molar-refractivity contribution in [3.8, 4) is 0 Å². The Morgan fingerprint density at radius 2 is 2.05 bits per heavy atom. The van der Waals surface area contributed by atoms with Crippen LogP contribution in [0, 0.1) is 0 Å². The minimum Gasteiger partial charge on any atom is -0.381 e. The molecule has 0 spiro atoms. The van der Waals surface area contributed by atoms with Crippen LogP contribution < -0.4 is 5.32 Å². The zero-order valence-corrected chi connectivity index (χ0v) is 12.6. The molecule has 1 aromatic heterocycles. The molecule has 0 bridgehead atoms. The van der Waals surface area contributed by atoms with Gasteiger partial charge in [0.2, 0.25) is 0 Å². The number of nitrogens with one attached hydrogen (secondary N) is 1. The van der Waals surface area contributed by atoms with Crippen molar-refractivity contribution in [1.29, 1.82) is 0 Å². The Balaban J connectivity index is 1.73. The quantitative estimate of drug-likeness (QED) is 0.918. The third kappa shape index (κ3) is 2.58. The van der Waals surface area contributed by atoms with Gasteiger partial charge < -0.3 is 5.32 Å². The van der Waals surface area contributed by atoms with Gasteiger partial charge >= 0.3 is 0 Å². The van der Waals surface area contributed by atoms with Crippen LogP contribution >= 0.6 is 0 Å². The molecule has 3 heteroatoms. The highest BCUT2D eigenvalue weighted by atomic mass is 15.3. The fourth-order valence-corrected chi connectivity index (χ4v) is 3.06. The molecule has 0 radical (unpaired) electrons. The van der Waals surface area contributed by atoms with Gasteiger partial charge in [-0.2, -0.15) is 5.10 Å². The molecule has 3 nitrogen and oxygen atoms in total. The summed E-state index contributed by atoms with van der Waals surface area (Å²) in [6.07, 6.45) is 5.90. The minimum absolute atomic E-state index is 0.466. The molecule has 0 amide bonds. The summed E-state index contributed by atoms with van der Waals surface area (Å²) in [5.41, 5.74) is 6.76. The van der Waals surface area contributed by atoms with E-state index in [4.69, 9.17) is 0 Å². The van der Waals surface area contributed by atoms with Crippen molar-refractivity contribution in [2.24, 2.45) is 7.05 Å². The Morgan fingerprint density at radius 1 is 1.25 bits per heavy atom. The maximum atomic E-state index is 4.56. The monoisotopic (exact) mass is 269 g/mol. The highest BCUT2D eigenvalue weighted by Crippen LogP contribution is 2.25. The Kier molecular flexibility index (Phi) is 3.51. The first kappa shape index (κ1) is 13.2. The van der Waals surface area contributed by atoms with Crippen LogP contribution in [0.5, 0.6) is 0 Å². The summed E-state index contributed by atoms with van der Waals surface area (Å²) < 4.78 is 1.91. The molecule has 0 saturated heterocycles. The van der Waals surface area contributed by atoms with Crippen molar-refractivity contribution in [2.45, 2.75) is 45.6 Å². The molecule has 2 aromatic rings. The van der Waals surface area contributed by atoms with Crippen LogP contribution in [-0.2, 0) is 26.4 Å². The molecule has 0 fully saturated rings. The van der Waals surface area contributed by atoms with Crippen LogP contribution in [0.4, 0.5) is 5.69 Å². The van der Waals surface area contributed by atoms with Crippen LogP contribution in [0.25, 0.3) is 0 Å². The van der Waals surface area contributed by atoms with Crippen LogP contribution in [0.2, 0.25) is 0 Å². The predicted molar refractivity (Wildman–Crippen MR) is 83.1 cm³/mol. The van der Waals surface area contributed by atoms with Crippen LogP contribution in [0.1, 0.15) is 48.6 Å². The van der Waals surface area contributed by atoms with Gasteiger partial charge in [-0.25, -0.2) is 0 Å².